The van der Waals surface area contributed by atoms with E-state index in [4.69, 9.17) is 18.9 Å². The molecule has 3 heterocycles. The van der Waals surface area contributed by atoms with Gasteiger partial charge >= 0.3 is 5.79 Å². The van der Waals surface area contributed by atoms with Gasteiger partial charge < -0.3 is 29.2 Å². The maximum absolute atomic E-state index is 13.1. The van der Waals surface area contributed by atoms with Gasteiger partial charge in [0.2, 0.25) is 5.60 Å². The van der Waals surface area contributed by atoms with E-state index in [2.05, 4.69) is 0 Å². The summed E-state index contributed by atoms with van der Waals surface area (Å²) in [7, 11) is 0. The highest BCUT2D eigenvalue weighted by Crippen LogP contribution is 2.72. The molecule has 1 spiro atoms. The lowest BCUT2D eigenvalue weighted by Gasteiger charge is -2.46. The largest absolute Gasteiger partial charge is 0.446 e. The Balaban J connectivity index is 1.49. The summed E-state index contributed by atoms with van der Waals surface area (Å²) in [6, 6.07) is 11.3. The number of ketones is 1. The third-order valence-electron chi connectivity index (χ3n) is 6.86. The van der Waals surface area contributed by atoms with Gasteiger partial charge in [0.15, 0.2) is 17.5 Å². The van der Waals surface area contributed by atoms with E-state index in [9.17, 15) is 15.0 Å². The van der Waals surface area contributed by atoms with Crippen LogP contribution in [-0.2, 0) is 14.3 Å². The van der Waals surface area contributed by atoms with E-state index in [1.807, 2.05) is 36.4 Å². The van der Waals surface area contributed by atoms with Gasteiger partial charge in [0, 0.05) is 6.42 Å². The second-order valence-electron chi connectivity index (χ2n) is 8.00. The van der Waals surface area contributed by atoms with Crippen LogP contribution in [0, 0.1) is 0 Å². The lowest BCUT2D eigenvalue weighted by atomic mass is 9.64. The molecule has 4 fully saturated rings. The Labute approximate surface area is 153 Å². The lowest BCUT2D eigenvalue weighted by Crippen LogP contribution is -2.74. The summed E-state index contributed by atoms with van der Waals surface area (Å²) in [4.78, 5) is 13.1. The SMILES string of the molecule is O=C1CC[C@@H](O)[C@]23O[C@]12C1(Oc2cccc4cccc(c24)O1)[C@H]1O[C@H]1[C@H]3O. The average molecular weight is 368 g/mol. The van der Waals surface area contributed by atoms with E-state index in [0.29, 0.717) is 11.5 Å². The summed E-state index contributed by atoms with van der Waals surface area (Å²) < 4.78 is 24.4. The summed E-state index contributed by atoms with van der Waals surface area (Å²) in [5.74, 6) is -0.636. The molecule has 6 atom stereocenters. The number of fused-ring (bicyclic) bond motifs is 2. The molecule has 2 aromatic rings. The molecule has 2 aromatic carbocycles. The van der Waals surface area contributed by atoms with Gasteiger partial charge in [-0.2, -0.15) is 0 Å². The quantitative estimate of drug-likeness (QED) is 0.660. The van der Waals surface area contributed by atoms with Crippen LogP contribution in [0.15, 0.2) is 36.4 Å². The molecule has 3 aliphatic heterocycles. The molecule has 2 N–H and O–H groups in total. The third kappa shape index (κ3) is 1.31. The van der Waals surface area contributed by atoms with Crippen LogP contribution >= 0.6 is 0 Å². The van der Waals surface area contributed by atoms with Crippen molar-refractivity contribution in [2.24, 2.45) is 0 Å². The number of carbonyl (C=O) groups excluding carboxylic acids is 1. The highest BCUT2D eigenvalue weighted by atomic mass is 16.8. The summed E-state index contributed by atoms with van der Waals surface area (Å²) in [6.07, 6.45) is -2.99. The van der Waals surface area contributed by atoms with Crippen LogP contribution in [0.5, 0.6) is 11.5 Å². The van der Waals surface area contributed by atoms with Crippen LogP contribution in [0.4, 0.5) is 0 Å². The molecule has 27 heavy (non-hydrogen) atoms. The van der Waals surface area contributed by atoms with Crippen molar-refractivity contribution in [3.8, 4) is 11.5 Å². The first-order valence-corrected chi connectivity index (χ1v) is 9.20. The molecule has 2 saturated carbocycles. The zero-order valence-corrected chi connectivity index (χ0v) is 14.1. The predicted molar refractivity (Wildman–Crippen MR) is 89.4 cm³/mol. The Morgan fingerprint density at radius 2 is 1.74 bits per heavy atom. The number of epoxide rings is 2. The highest BCUT2D eigenvalue weighted by Gasteiger charge is 2.99. The summed E-state index contributed by atoms with van der Waals surface area (Å²) in [5.41, 5.74) is -3.02. The maximum atomic E-state index is 13.1. The van der Waals surface area contributed by atoms with Crippen LogP contribution in [-0.4, -0.2) is 57.4 Å². The number of aliphatic hydroxyl groups excluding tert-OH is 2. The van der Waals surface area contributed by atoms with Gasteiger partial charge in [0.25, 0.3) is 0 Å². The van der Waals surface area contributed by atoms with Crippen molar-refractivity contribution < 1.29 is 34.0 Å². The zero-order chi connectivity index (χ0) is 18.2. The van der Waals surface area contributed by atoms with E-state index >= 15 is 0 Å². The predicted octanol–water partition coefficient (Wildman–Crippen LogP) is 0.681. The second kappa shape index (κ2) is 4.12. The number of aliphatic hydroxyl groups is 2. The molecule has 5 aliphatic rings. The molecule has 2 aliphatic carbocycles. The number of rotatable bonds is 0. The molecule has 0 radical (unpaired) electrons. The molecule has 2 saturated heterocycles. The fourth-order valence-electron chi connectivity index (χ4n) is 5.63. The number of ether oxygens (including phenoxy) is 4. The Bertz CT molecular complexity index is 1010. The van der Waals surface area contributed by atoms with E-state index < -0.39 is 41.4 Å². The van der Waals surface area contributed by atoms with Crippen LogP contribution in [0.3, 0.4) is 0 Å². The summed E-state index contributed by atoms with van der Waals surface area (Å²) >= 11 is 0. The zero-order valence-electron chi connectivity index (χ0n) is 14.1. The van der Waals surface area contributed by atoms with Crippen LogP contribution < -0.4 is 9.47 Å². The van der Waals surface area contributed by atoms with Gasteiger partial charge in [-0.15, -0.1) is 0 Å². The van der Waals surface area contributed by atoms with Crippen LogP contribution in [0.2, 0.25) is 0 Å². The summed E-state index contributed by atoms with van der Waals surface area (Å²) in [6.45, 7) is 0. The average Bonchev–Trinajstić information content (AvgIpc) is 3.57. The Morgan fingerprint density at radius 3 is 2.44 bits per heavy atom. The van der Waals surface area contributed by atoms with Gasteiger partial charge in [0.05, 0.1) is 11.5 Å². The van der Waals surface area contributed by atoms with Crippen molar-refractivity contribution in [1.82, 2.24) is 0 Å². The second-order valence-corrected chi connectivity index (χ2v) is 8.00. The smallest absolute Gasteiger partial charge is 0.320 e. The molecule has 0 aromatic heterocycles. The fourth-order valence-corrected chi connectivity index (χ4v) is 5.63. The molecule has 138 valence electrons. The van der Waals surface area contributed by atoms with Crippen molar-refractivity contribution >= 4 is 16.6 Å². The molecule has 7 rings (SSSR count). The first-order chi connectivity index (χ1) is 13.1. The van der Waals surface area contributed by atoms with Crippen LogP contribution in [0.25, 0.3) is 10.8 Å². The molecule has 0 unspecified atom stereocenters. The standard InChI is InChI=1S/C20H16O7/c21-12-7-8-13(22)19-18(12,27-19)16(23)15-17(24-15)20(19)25-10-5-1-3-9-4-2-6-11(26-20)14(9)10/h1-6,12,15-17,21,23H,7-8H2/t12-,15+,16-,17+,18-,19-/m1/s1. The minimum Gasteiger partial charge on any atom is -0.446 e. The van der Waals surface area contributed by atoms with Crippen molar-refractivity contribution in [3.05, 3.63) is 36.4 Å². The Kier molecular flexibility index (Phi) is 2.26. The van der Waals surface area contributed by atoms with Crippen molar-refractivity contribution in [2.45, 2.75) is 54.2 Å². The molecule has 7 nitrogen and oxygen atoms in total. The molecular weight excluding hydrogens is 352 g/mol. The van der Waals surface area contributed by atoms with E-state index in [0.717, 1.165) is 10.8 Å². The van der Waals surface area contributed by atoms with Gasteiger partial charge in [0.1, 0.15) is 23.7 Å². The van der Waals surface area contributed by atoms with Crippen molar-refractivity contribution in [1.29, 1.82) is 0 Å². The lowest BCUT2D eigenvalue weighted by molar-refractivity contribution is -0.196. The van der Waals surface area contributed by atoms with E-state index in [1.54, 1.807) is 0 Å². The minimum atomic E-state index is -1.58. The number of Topliss-reactive ketones (excluding diaryl/α,β-unsaturated/α-hetero) is 1. The first-order valence-electron chi connectivity index (χ1n) is 9.20. The molecule has 0 amide bonds. The molecular formula is C20H16O7. The Morgan fingerprint density at radius 1 is 1.04 bits per heavy atom. The van der Waals surface area contributed by atoms with Crippen molar-refractivity contribution in [2.75, 3.05) is 0 Å². The Hall–Kier alpha value is -2.19. The first kappa shape index (κ1) is 14.8. The third-order valence-corrected chi connectivity index (χ3v) is 6.86. The minimum absolute atomic E-state index is 0.132. The topological polar surface area (TPSA) is 101 Å². The molecule has 0 bridgehead atoms. The summed E-state index contributed by atoms with van der Waals surface area (Å²) in [5, 5.41) is 23.2. The fraction of sp³-hybridized carbons (Fsp3) is 0.450. The normalized spacial score (nSPS) is 44.6. The number of hydrogen-bond acceptors (Lipinski definition) is 7. The number of hydrogen-bond donors (Lipinski definition) is 2. The number of benzene rings is 2. The van der Waals surface area contributed by atoms with E-state index in [1.165, 1.54) is 0 Å². The monoisotopic (exact) mass is 368 g/mol. The van der Waals surface area contributed by atoms with Gasteiger partial charge in [-0.1, -0.05) is 24.3 Å². The van der Waals surface area contributed by atoms with Gasteiger partial charge in [-0.25, -0.2) is 0 Å². The van der Waals surface area contributed by atoms with Crippen molar-refractivity contribution in [3.63, 3.8) is 0 Å². The van der Waals surface area contributed by atoms with E-state index in [-0.39, 0.29) is 18.6 Å². The van der Waals surface area contributed by atoms with Gasteiger partial charge in [-0.3, -0.25) is 4.79 Å². The molecule has 7 heteroatoms. The highest BCUT2D eigenvalue weighted by molar-refractivity contribution is 5.98. The van der Waals surface area contributed by atoms with Crippen LogP contribution in [0.1, 0.15) is 12.8 Å². The van der Waals surface area contributed by atoms with Gasteiger partial charge in [-0.05, 0) is 23.9 Å². The maximum Gasteiger partial charge on any atom is 0.320 e. The number of carbonyl (C=O) groups is 1.